The number of carbonyl (C=O) groups is 1. The highest BCUT2D eigenvalue weighted by Gasteiger charge is 2.33. The zero-order valence-electron chi connectivity index (χ0n) is 21.0. The van der Waals surface area contributed by atoms with Crippen LogP contribution in [0.3, 0.4) is 0 Å². The summed E-state index contributed by atoms with van der Waals surface area (Å²) in [6.07, 6.45) is 8.81. The van der Waals surface area contributed by atoms with E-state index in [-0.39, 0.29) is 12.5 Å². The highest BCUT2D eigenvalue weighted by Crippen LogP contribution is 2.33. The van der Waals surface area contributed by atoms with Crippen molar-refractivity contribution in [2.24, 2.45) is 16.1 Å². The summed E-state index contributed by atoms with van der Waals surface area (Å²) >= 11 is 1.27. The van der Waals surface area contributed by atoms with Crippen molar-refractivity contribution in [2.75, 3.05) is 13.7 Å². The fourth-order valence-electron chi connectivity index (χ4n) is 3.39. The molecule has 2 aromatic carbocycles. The number of nitrogens with zero attached hydrogens (tertiary/aromatic N) is 3. The smallest absolute Gasteiger partial charge is 0.267 e. The van der Waals surface area contributed by atoms with Gasteiger partial charge >= 0.3 is 0 Å². The molecule has 3 aromatic rings. The van der Waals surface area contributed by atoms with Gasteiger partial charge in [0.1, 0.15) is 5.76 Å². The van der Waals surface area contributed by atoms with E-state index >= 15 is 0 Å². The van der Waals surface area contributed by atoms with Gasteiger partial charge in [-0.2, -0.15) is 5.10 Å². The molecule has 4 rings (SSSR count). The number of amides is 1. The number of carbonyl (C=O) groups excluding carboxylic acids is 1. The standard InChI is InChI=1S/C29H29N3O4S/c1-21(2)20-36-25-15-14-23(17-26(25)34-3)18-30-31-29-32(19-24-12-8-16-35-24)28(33)27(37-29)13-7-11-22-9-5-4-6-10-22/h4-18,21H,19-20H2,1-3H3/b11-7+,27-13-,30-18+,31-29-. The van der Waals surface area contributed by atoms with E-state index in [1.165, 1.54) is 11.8 Å². The van der Waals surface area contributed by atoms with E-state index in [1.54, 1.807) is 36.6 Å². The summed E-state index contributed by atoms with van der Waals surface area (Å²) in [5.41, 5.74) is 1.85. The molecule has 1 fully saturated rings. The van der Waals surface area contributed by atoms with Crippen molar-refractivity contribution in [3.05, 3.63) is 101 Å². The molecule has 1 aliphatic rings. The van der Waals surface area contributed by atoms with E-state index < -0.39 is 0 Å². The normalized spacial score (nSPS) is 16.2. The van der Waals surface area contributed by atoms with Gasteiger partial charge in [-0.05, 0) is 65.2 Å². The predicted molar refractivity (Wildman–Crippen MR) is 149 cm³/mol. The Labute approximate surface area is 221 Å². The fourth-order valence-corrected chi connectivity index (χ4v) is 4.28. The second-order valence-corrected chi connectivity index (χ2v) is 9.62. The molecule has 0 bridgehead atoms. The number of thioether (sulfide) groups is 1. The first-order valence-corrected chi connectivity index (χ1v) is 12.7. The van der Waals surface area contributed by atoms with E-state index in [1.807, 2.05) is 66.7 Å². The zero-order valence-corrected chi connectivity index (χ0v) is 21.9. The fraction of sp³-hybridized carbons (Fsp3) is 0.207. The van der Waals surface area contributed by atoms with Gasteiger partial charge in [0.2, 0.25) is 0 Å². The van der Waals surface area contributed by atoms with Crippen molar-refractivity contribution in [2.45, 2.75) is 20.4 Å². The molecule has 1 aliphatic heterocycles. The molecule has 0 radical (unpaired) electrons. The molecule has 1 amide bonds. The minimum absolute atomic E-state index is 0.151. The zero-order chi connectivity index (χ0) is 26.0. The molecule has 0 aliphatic carbocycles. The third-order valence-electron chi connectivity index (χ3n) is 5.23. The van der Waals surface area contributed by atoms with Gasteiger partial charge in [0.05, 0.1) is 37.6 Å². The monoisotopic (exact) mass is 515 g/mol. The number of benzene rings is 2. The first-order valence-electron chi connectivity index (χ1n) is 11.9. The van der Waals surface area contributed by atoms with Crippen LogP contribution in [0.4, 0.5) is 0 Å². The van der Waals surface area contributed by atoms with Crippen molar-refractivity contribution in [3.8, 4) is 11.5 Å². The van der Waals surface area contributed by atoms with Crippen LogP contribution in [0, 0.1) is 5.92 Å². The Morgan fingerprint density at radius 1 is 1.05 bits per heavy atom. The number of ether oxygens (including phenoxy) is 2. The molecule has 0 N–H and O–H groups in total. The van der Waals surface area contributed by atoms with Crippen LogP contribution in [0.15, 0.2) is 98.6 Å². The van der Waals surface area contributed by atoms with Crippen LogP contribution >= 0.6 is 11.8 Å². The van der Waals surface area contributed by atoms with E-state index in [4.69, 9.17) is 13.9 Å². The molecule has 2 heterocycles. The van der Waals surface area contributed by atoms with Crippen LogP contribution in [-0.2, 0) is 11.3 Å². The van der Waals surface area contributed by atoms with Gasteiger partial charge in [-0.25, -0.2) is 0 Å². The highest BCUT2D eigenvalue weighted by molar-refractivity contribution is 8.18. The van der Waals surface area contributed by atoms with Crippen LogP contribution < -0.4 is 9.47 Å². The van der Waals surface area contributed by atoms with E-state index in [0.717, 1.165) is 11.1 Å². The molecule has 1 saturated heterocycles. The molecule has 0 atom stereocenters. The predicted octanol–water partition coefficient (Wildman–Crippen LogP) is 6.39. The lowest BCUT2D eigenvalue weighted by Crippen LogP contribution is -2.28. The maximum absolute atomic E-state index is 13.1. The van der Waals surface area contributed by atoms with Crippen molar-refractivity contribution < 1.29 is 18.7 Å². The Balaban J connectivity index is 1.53. The summed E-state index contributed by atoms with van der Waals surface area (Å²) in [6, 6.07) is 19.1. The van der Waals surface area contributed by atoms with Crippen LogP contribution in [0.2, 0.25) is 0 Å². The van der Waals surface area contributed by atoms with E-state index in [9.17, 15) is 4.79 Å². The molecule has 0 unspecified atom stereocenters. The van der Waals surface area contributed by atoms with Crippen LogP contribution in [-0.4, -0.2) is 35.9 Å². The summed E-state index contributed by atoms with van der Waals surface area (Å²) in [7, 11) is 1.60. The number of rotatable bonds is 10. The van der Waals surface area contributed by atoms with Gasteiger partial charge in [0, 0.05) is 0 Å². The van der Waals surface area contributed by atoms with Gasteiger partial charge in [-0.3, -0.25) is 9.69 Å². The molecule has 0 saturated carbocycles. The summed E-state index contributed by atoms with van der Waals surface area (Å²) in [5, 5.41) is 9.09. The van der Waals surface area contributed by atoms with Crippen LogP contribution in [0.25, 0.3) is 6.08 Å². The van der Waals surface area contributed by atoms with Crippen molar-refractivity contribution >= 4 is 35.1 Å². The Hall–Kier alpha value is -4.04. The molecule has 1 aromatic heterocycles. The number of furan rings is 1. The lowest BCUT2D eigenvalue weighted by atomic mass is 10.2. The molecule has 0 spiro atoms. The number of hydrogen-bond acceptors (Lipinski definition) is 7. The number of methoxy groups -OCH3 is 1. The van der Waals surface area contributed by atoms with Crippen LogP contribution in [0.1, 0.15) is 30.7 Å². The minimum Gasteiger partial charge on any atom is -0.493 e. The van der Waals surface area contributed by atoms with Crippen molar-refractivity contribution in [1.82, 2.24) is 4.90 Å². The average Bonchev–Trinajstić information content (AvgIpc) is 3.52. The average molecular weight is 516 g/mol. The van der Waals surface area contributed by atoms with E-state index in [0.29, 0.717) is 39.9 Å². The molecule has 7 nitrogen and oxygen atoms in total. The summed E-state index contributed by atoms with van der Waals surface area (Å²) in [4.78, 5) is 15.3. The first-order chi connectivity index (χ1) is 18.0. The third kappa shape index (κ3) is 7.24. The Kier molecular flexibility index (Phi) is 8.99. The third-order valence-corrected chi connectivity index (χ3v) is 6.24. The van der Waals surface area contributed by atoms with Gasteiger partial charge in [-0.1, -0.05) is 56.3 Å². The van der Waals surface area contributed by atoms with Gasteiger partial charge in [0.15, 0.2) is 16.7 Å². The van der Waals surface area contributed by atoms with Gasteiger partial charge < -0.3 is 13.9 Å². The van der Waals surface area contributed by atoms with Gasteiger partial charge in [0.25, 0.3) is 5.91 Å². The Bertz CT molecular complexity index is 1310. The first kappa shape index (κ1) is 26.0. The summed E-state index contributed by atoms with van der Waals surface area (Å²) < 4.78 is 16.7. The number of amidine groups is 1. The molecular formula is C29H29N3O4S. The summed E-state index contributed by atoms with van der Waals surface area (Å²) in [5.74, 6) is 2.22. The minimum atomic E-state index is -0.151. The summed E-state index contributed by atoms with van der Waals surface area (Å²) in [6.45, 7) is 5.05. The Morgan fingerprint density at radius 2 is 1.89 bits per heavy atom. The second-order valence-electron chi connectivity index (χ2n) is 8.62. The lowest BCUT2D eigenvalue weighted by molar-refractivity contribution is -0.122. The topological polar surface area (TPSA) is 76.6 Å². The van der Waals surface area contributed by atoms with E-state index in [2.05, 4.69) is 24.1 Å². The molecule has 37 heavy (non-hydrogen) atoms. The number of hydrogen-bond donors (Lipinski definition) is 0. The lowest BCUT2D eigenvalue weighted by Gasteiger charge is -2.13. The number of allylic oxidation sites excluding steroid dienone is 2. The molecule has 190 valence electrons. The van der Waals surface area contributed by atoms with Crippen molar-refractivity contribution in [1.29, 1.82) is 0 Å². The largest absolute Gasteiger partial charge is 0.493 e. The molecule has 8 heteroatoms. The quantitative estimate of drug-likeness (QED) is 0.178. The van der Waals surface area contributed by atoms with Gasteiger partial charge in [-0.15, -0.1) is 5.10 Å². The molecular weight excluding hydrogens is 486 g/mol. The second kappa shape index (κ2) is 12.8. The maximum atomic E-state index is 13.1. The van der Waals surface area contributed by atoms with Crippen LogP contribution in [0.5, 0.6) is 11.5 Å². The van der Waals surface area contributed by atoms with Crippen molar-refractivity contribution in [3.63, 3.8) is 0 Å². The Morgan fingerprint density at radius 3 is 2.62 bits per heavy atom. The highest BCUT2D eigenvalue weighted by atomic mass is 32.2. The maximum Gasteiger partial charge on any atom is 0.267 e. The SMILES string of the molecule is COc1cc(/C=N/N=C2\S/C(=C\C=C\c3ccccc3)C(=O)N2Cc2ccco2)ccc1OCC(C)C.